The lowest BCUT2D eigenvalue weighted by Crippen LogP contribution is -2.51. The molecule has 4 nitrogen and oxygen atoms in total. The highest BCUT2D eigenvalue weighted by Gasteiger charge is 2.33. The minimum absolute atomic E-state index is 0.585. The molecule has 0 N–H and O–H groups in total. The van der Waals surface area contributed by atoms with Crippen molar-refractivity contribution in [3.05, 3.63) is 36.7 Å². The number of rotatable bonds is 4. The van der Waals surface area contributed by atoms with E-state index in [9.17, 15) is 0 Å². The van der Waals surface area contributed by atoms with Crippen LogP contribution in [0.2, 0.25) is 0 Å². The van der Waals surface area contributed by atoms with E-state index in [1.807, 2.05) is 36.1 Å². The molecule has 0 radical (unpaired) electrons. The topological polar surface area (TPSA) is 30.3 Å². The summed E-state index contributed by atoms with van der Waals surface area (Å²) in [5, 5.41) is 0. The van der Waals surface area contributed by atoms with Gasteiger partial charge in [0, 0.05) is 25.5 Å². The Morgan fingerprint density at radius 1 is 1.23 bits per heavy atom. The third-order valence-corrected chi connectivity index (χ3v) is 5.15. The first-order valence-corrected chi connectivity index (χ1v) is 8.25. The maximum absolute atomic E-state index is 6.21. The van der Waals surface area contributed by atoms with E-state index in [2.05, 4.69) is 22.0 Å². The molecule has 22 heavy (non-hydrogen) atoms. The molecule has 0 amide bonds. The van der Waals surface area contributed by atoms with Gasteiger partial charge in [0.2, 0.25) is 0 Å². The molecular weight excluding hydrogens is 274 g/mol. The van der Waals surface area contributed by atoms with Crippen molar-refractivity contribution in [3.63, 3.8) is 0 Å². The van der Waals surface area contributed by atoms with E-state index in [0.717, 1.165) is 29.7 Å². The highest BCUT2D eigenvalue weighted by Crippen LogP contribution is 2.33. The summed E-state index contributed by atoms with van der Waals surface area (Å²) < 4.78 is 8.25. The van der Waals surface area contributed by atoms with Crippen LogP contribution < -0.4 is 4.74 Å². The molecule has 1 aromatic carbocycles. The molecule has 2 aromatic rings. The fourth-order valence-corrected chi connectivity index (χ4v) is 3.85. The van der Waals surface area contributed by atoms with Crippen molar-refractivity contribution in [2.45, 2.75) is 25.3 Å². The summed E-state index contributed by atoms with van der Waals surface area (Å²) in [7, 11) is 2.02. The normalized spacial score (nSPS) is 27.0. The van der Waals surface area contributed by atoms with Crippen molar-refractivity contribution in [2.75, 3.05) is 19.7 Å². The van der Waals surface area contributed by atoms with Gasteiger partial charge in [-0.3, -0.25) is 4.90 Å². The standard InChI is InChI=1S/C18H23N3O/c1-20-11-8-19-18(20)16-4-2-3-5-17(16)22-13-15-12-14-6-9-21(15)10-7-14/h2-5,8,11,14-15H,6-7,9-10,12-13H2,1H3. The molecule has 4 heteroatoms. The summed E-state index contributed by atoms with van der Waals surface area (Å²) in [6.07, 6.45) is 7.85. The summed E-state index contributed by atoms with van der Waals surface area (Å²) >= 11 is 0. The van der Waals surface area contributed by atoms with Crippen LogP contribution in [-0.2, 0) is 7.05 Å². The maximum atomic E-state index is 6.21. The van der Waals surface area contributed by atoms with E-state index in [1.54, 1.807) is 0 Å². The number of nitrogens with zero attached hydrogens (tertiary/aromatic N) is 3. The molecule has 2 bridgehead atoms. The summed E-state index contributed by atoms with van der Waals surface area (Å²) in [5.74, 6) is 2.82. The van der Waals surface area contributed by atoms with Crippen molar-refractivity contribution in [2.24, 2.45) is 13.0 Å². The van der Waals surface area contributed by atoms with Gasteiger partial charge in [-0.2, -0.15) is 0 Å². The summed E-state index contributed by atoms with van der Waals surface area (Å²) in [4.78, 5) is 7.05. The number of fused-ring (bicyclic) bond motifs is 3. The van der Waals surface area contributed by atoms with Crippen molar-refractivity contribution < 1.29 is 4.74 Å². The number of hydrogen-bond donors (Lipinski definition) is 0. The van der Waals surface area contributed by atoms with Gasteiger partial charge in [0.1, 0.15) is 18.2 Å². The second kappa shape index (κ2) is 5.76. The van der Waals surface area contributed by atoms with Gasteiger partial charge in [-0.15, -0.1) is 0 Å². The minimum Gasteiger partial charge on any atom is -0.491 e. The Morgan fingerprint density at radius 2 is 2.05 bits per heavy atom. The van der Waals surface area contributed by atoms with Gasteiger partial charge in [-0.1, -0.05) is 12.1 Å². The SMILES string of the molecule is Cn1ccnc1-c1ccccc1OCC1CC2CCN1CC2. The van der Waals surface area contributed by atoms with E-state index in [0.29, 0.717) is 6.04 Å². The van der Waals surface area contributed by atoms with Crippen molar-refractivity contribution in [3.8, 4) is 17.1 Å². The maximum Gasteiger partial charge on any atom is 0.143 e. The molecule has 3 saturated heterocycles. The molecule has 1 unspecified atom stereocenters. The molecule has 1 aromatic heterocycles. The Bertz CT molecular complexity index is 643. The van der Waals surface area contributed by atoms with Gasteiger partial charge >= 0.3 is 0 Å². The van der Waals surface area contributed by atoms with E-state index >= 15 is 0 Å². The highest BCUT2D eigenvalue weighted by molar-refractivity contribution is 5.64. The number of aryl methyl sites for hydroxylation is 1. The van der Waals surface area contributed by atoms with Crippen LogP contribution in [0.1, 0.15) is 19.3 Å². The average molecular weight is 297 g/mol. The Labute approximate surface area is 131 Å². The molecule has 4 heterocycles. The lowest BCUT2D eigenvalue weighted by molar-refractivity contribution is 0.0239. The first kappa shape index (κ1) is 13.8. The zero-order valence-corrected chi connectivity index (χ0v) is 13.1. The number of hydrogen-bond acceptors (Lipinski definition) is 3. The van der Waals surface area contributed by atoms with Crippen molar-refractivity contribution >= 4 is 0 Å². The highest BCUT2D eigenvalue weighted by atomic mass is 16.5. The largest absolute Gasteiger partial charge is 0.491 e. The van der Waals surface area contributed by atoms with Crippen LogP contribution in [0.25, 0.3) is 11.4 Å². The van der Waals surface area contributed by atoms with Gasteiger partial charge < -0.3 is 9.30 Å². The Hall–Kier alpha value is -1.81. The van der Waals surface area contributed by atoms with Crippen LogP contribution in [0.4, 0.5) is 0 Å². The van der Waals surface area contributed by atoms with Gasteiger partial charge in [0.05, 0.1) is 5.56 Å². The first-order chi connectivity index (χ1) is 10.8. The molecular formula is C18H23N3O. The summed E-state index contributed by atoms with van der Waals surface area (Å²) in [5.41, 5.74) is 1.07. The van der Waals surface area contributed by atoms with E-state index in [4.69, 9.17) is 4.74 Å². The van der Waals surface area contributed by atoms with Crippen LogP contribution >= 0.6 is 0 Å². The molecule has 1 atom stereocenters. The molecule has 0 aliphatic carbocycles. The van der Waals surface area contributed by atoms with Crippen molar-refractivity contribution in [1.29, 1.82) is 0 Å². The fourth-order valence-electron chi connectivity index (χ4n) is 3.85. The molecule has 3 fully saturated rings. The number of aromatic nitrogens is 2. The second-order valence-corrected chi connectivity index (χ2v) is 6.54. The number of imidazole rings is 1. The van der Waals surface area contributed by atoms with Crippen LogP contribution in [0.5, 0.6) is 5.75 Å². The van der Waals surface area contributed by atoms with Crippen LogP contribution in [0.3, 0.4) is 0 Å². The molecule has 0 spiro atoms. The Kier molecular flexibility index (Phi) is 3.62. The zero-order valence-electron chi connectivity index (χ0n) is 13.1. The summed E-state index contributed by atoms with van der Waals surface area (Å²) in [6.45, 7) is 3.29. The zero-order chi connectivity index (χ0) is 14.9. The molecule has 3 aliphatic heterocycles. The van der Waals surface area contributed by atoms with Gasteiger partial charge in [0.25, 0.3) is 0 Å². The van der Waals surface area contributed by atoms with Gasteiger partial charge in [-0.05, 0) is 50.4 Å². The molecule has 116 valence electrons. The number of para-hydroxylation sites is 1. The number of benzene rings is 1. The number of ether oxygens (including phenoxy) is 1. The third-order valence-electron chi connectivity index (χ3n) is 5.15. The molecule has 5 rings (SSSR count). The van der Waals surface area contributed by atoms with Crippen molar-refractivity contribution in [1.82, 2.24) is 14.5 Å². The van der Waals surface area contributed by atoms with E-state index < -0.39 is 0 Å². The number of piperidine rings is 3. The average Bonchev–Trinajstić information content (AvgIpc) is 3.00. The fraction of sp³-hybridized carbons (Fsp3) is 0.500. The Balaban J connectivity index is 1.51. The van der Waals surface area contributed by atoms with Gasteiger partial charge in [0.15, 0.2) is 0 Å². The third kappa shape index (κ3) is 2.52. The van der Waals surface area contributed by atoms with Crippen LogP contribution in [0.15, 0.2) is 36.7 Å². The van der Waals surface area contributed by atoms with E-state index in [-0.39, 0.29) is 0 Å². The lowest BCUT2D eigenvalue weighted by atomic mass is 9.83. The minimum atomic E-state index is 0.585. The predicted molar refractivity (Wildman–Crippen MR) is 86.8 cm³/mol. The van der Waals surface area contributed by atoms with Gasteiger partial charge in [-0.25, -0.2) is 4.98 Å². The van der Waals surface area contributed by atoms with Crippen LogP contribution in [-0.4, -0.2) is 40.2 Å². The van der Waals surface area contributed by atoms with E-state index in [1.165, 1.54) is 32.4 Å². The smallest absolute Gasteiger partial charge is 0.143 e. The molecule has 0 saturated carbocycles. The quantitative estimate of drug-likeness (QED) is 0.869. The first-order valence-electron chi connectivity index (χ1n) is 8.25. The predicted octanol–water partition coefficient (Wildman–Crippen LogP) is 2.95. The monoisotopic (exact) mass is 297 g/mol. The lowest BCUT2D eigenvalue weighted by Gasteiger charge is -2.45. The Morgan fingerprint density at radius 3 is 2.73 bits per heavy atom. The summed E-state index contributed by atoms with van der Waals surface area (Å²) in [6, 6.07) is 8.81. The second-order valence-electron chi connectivity index (χ2n) is 6.54. The van der Waals surface area contributed by atoms with Crippen LogP contribution in [0, 0.1) is 5.92 Å². The molecule has 3 aliphatic rings.